The highest BCUT2D eigenvalue weighted by molar-refractivity contribution is 7.21. The molecule has 0 spiro atoms. The summed E-state index contributed by atoms with van der Waals surface area (Å²) in [7, 11) is -1.57. The minimum atomic E-state index is -1.57. The number of hydrogen-bond acceptors (Lipinski definition) is 5. The van der Waals surface area contributed by atoms with Gasteiger partial charge in [-0.15, -0.1) is 0 Å². The molecule has 72 valence electrons. The molecular weight excluding hydrogens is 203 g/mol. The van der Waals surface area contributed by atoms with E-state index in [0.29, 0.717) is 10.1 Å². The van der Waals surface area contributed by atoms with Gasteiger partial charge in [-0.25, -0.2) is 0 Å². The predicted molar refractivity (Wildman–Crippen MR) is 55.0 cm³/mol. The van der Waals surface area contributed by atoms with Gasteiger partial charge in [0.15, 0.2) is 5.75 Å². The lowest BCUT2D eigenvalue weighted by atomic mass is 9.80. The van der Waals surface area contributed by atoms with Crippen LogP contribution in [-0.2, 0) is 0 Å². The van der Waals surface area contributed by atoms with Crippen molar-refractivity contribution in [1.82, 2.24) is 0 Å². The summed E-state index contributed by atoms with van der Waals surface area (Å²) in [6, 6.07) is 4.59. The van der Waals surface area contributed by atoms with Crippen LogP contribution in [0.25, 0.3) is 10.1 Å². The van der Waals surface area contributed by atoms with Crippen molar-refractivity contribution in [3.63, 3.8) is 0 Å². The van der Waals surface area contributed by atoms with E-state index in [0.717, 1.165) is 11.3 Å². The molecule has 0 saturated heterocycles. The fraction of sp³-hybridized carbons (Fsp3) is 0. The molecule has 0 aliphatic rings. The normalized spacial score (nSPS) is 10.7. The second kappa shape index (κ2) is 3.16. The van der Waals surface area contributed by atoms with Crippen LogP contribution in [0.4, 0.5) is 0 Å². The predicted octanol–water partition coefficient (Wildman–Crippen LogP) is -0.00770. The molecule has 1 heterocycles. The quantitative estimate of drug-likeness (QED) is 0.499. The highest BCUT2D eigenvalue weighted by Gasteiger charge is 2.15. The molecule has 6 heteroatoms. The zero-order valence-corrected chi connectivity index (χ0v) is 7.82. The van der Waals surface area contributed by atoms with Gasteiger partial charge in [0.05, 0.1) is 0 Å². The van der Waals surface area contributed by atoms with E-state index in [-0.39, 0.29) is 16.3 Å². The summed E-state index contributed by atoms with van der Waals surface area (Å²) in [6.07, 6.45) is 0. The van der Waals surface area contributed by atoms with Crippen molar-refractivity contribution in [3.8, 4) is 10.8 Å². The molecule has 0 aliphatic heterocycles. The Labute approximate surface area is 83.8 Å². The summed E-state index contributed by atoms with van der Waals surface area (Å²) in [6.45, 7) is 0. The zero-order valence-electron chi connectivity index (χ0n) is 7.01. The maximum Gasteiger partial charge on any atom is 0.488 e. The lowest BCUT2D eigenvalue weighted by Crippen LogP contribution is -2.29. The number of rotatable bonds is 1. The van der Waals surface area contributed by atoms with Gasteiger partial charge in [-0.05, 0) is 17.6 Å². The van der Waals surface area contributed by atoms with Crippen molar-refractivity contribution >= 4 is 34.0 Å². The van der Waals surface area contributed by atoms with Crippen LogP contribution in [0, 0.1) is 0 Å². The standard InChI is InChI=1S/C8H7BO4S/c10-7-5-3-4(9(12)13)1-2-6(5)14-8(7)11/h1-3,10-13H. The second-order valence-corrected chi connectivity index (χ2v) is 3.92. The molecule has 2 rings (SSSR count). The summed E-state index contributed by atoms with van der Waals surface area (Å²) in [5, 5.41) is 36.7. The largest absolute Gasteiger partial charge is 0.503 e. The molecular formula is C8H7BO4S. The maximum atomic E-state index is 9.40. The number of benzene rings is 1. The van der Waals surface area contributed by atoms with Gasteiger partial charge in [-0.2, -0.15) is 0 Å². The summed E-state index contributed by atoms with van der Waals surface area (Å²) < 4.78 is 0.699. The molecule has 4 N–H and O–H groups in total. The maximum absolute atomic E-state index is 9.40. The minimum Gasteiger partial charge on any atom is -0.503 e. The number of fused-ring (bicyclic) bond motifs is 1. The van der Waals surface area contributed by atoms with Gasteiger partial charge in [-0.3, -0.25) is 0 Å². The molecule has 0 bridgehead atoms. The van der Waals surface area contributed by atoms with Gasteiger partial charge in [0.2, 0.25) is 5.06 Å². The first kappa shape index (κ1) is 9.33. The van der Waals surface area contributed by atoms with Gasteiger partial charge in [-0.1, -0.05) is 17.4 Å². The van der Waals surface area contributed by atoms with Crippen molar-refractivity contribution in [2.75, 3.05) is 0 Å². The van der Waals surface area contributed by atoms with Crippen LogP contribution in [0.3, 0.4) is 0 Å². The van der Waals surface area contributed by atoms with E-state index in [9.17, 15) is 10.2 Å². The number of hydrogen-bond donors (Lipinski definition) is 4. The smallest absolute Gasteiger partial charge is 0.488 e. The van der Waals surface area contributed by atoms with Crippen LogP contribution < -0.4 is 5.46 Å². The summed E-state index contributed by atoms with van der Waals surface area (Å²) >= 11 is 1.04. The summed E-state index contributed by atoms with van der Waals surface area (Å²) in [4.78, 5) is 0. The molecule has 1 aromatic carbocycles. The molecule has 0 fully saturated rings. The van der Waals surface area contributed by atoms with E-state index in [2.05, 4.69) is 0 Å². The Morgan fingerprint density at radius 1 is 1.14 bits per heavy atom. The van der Waals surface area contributed by atoms with Crippen LogP contribution in [0.2, 0.25) is 0 Å². The van der Waals surface area contributed by atoms with E-state index in [1.54, 1.807) is 6.07 Å². The van der Waals surface area contributed by atoms with Gasteiger partial charge in [0.25, 0.3) is 0 Å². The molecule has 2 aromatic rings. The molecule has 0 amide bonds. The molecule has 1 aromatic heterocycles. The van der Waals surface area contributed by atoms with Crippen molar-refractivity contribution in [1.29, 1.82) is 0 Å². The average molecular weight is 210 g/mol. The summed E-state index contributed by atoms with van der Waals surface area (Å²) in [5.74, 6) is -0.215. The highest BCUT2D eigenvalue weighted by atomic mass is 32.1. The Hall–Kier alpha value is -1.24. The third kappa shape index (κ3) is 1.33. The van der Waals surface area contributed by atoms with Crippen LogP contribution in [0.1, 0.15) is 0 Å². The monoisotopic (exact) mass is 210 g/mol. The number of aromatic hydroxyl groups is 2. The van der Waals surface area contributed by atoms with Crippen LogP contribution >= 0.6 is 11.3 Å². The molecule has 0 unspecified atom stereocenters. The molecule has 0 aliphatic carbocycles. The lowest BCUT2D eigenvalue weighted by Gasteiger charge is -1.98. The van der Waals surface area contributed by atoms with E-state index >= 15 is 0 Å². The van der Waals surface area contributed by atoms with Crippen LogP contribution in [0.15, 0.2) is 18.2 Å². The lowest BCUT2D eigenvalue weighted by molar-refractivity contribution is 0.419. The Kier molecular flexibility index (Phi) is 2.11. The summed E-state index contributed by atoms with van der Waals surface area (Å²) in [5.41, 5.74) is 0.283. The van der Waals surface area contributed by atoms with Crippen molar-refractivity contribution < 1.29 is 20.3 Å². The van der Waals surface area contributed by atoms with E-state index < -0.39 is 7.12 Å². The first-order valence-electron chi connectivity index (χ1n) is 3.90. The molecule has 0 atom stereocenters. The Morgan fingerprint density at radius 3 is 2.50 bits per heavy atom. The third-order valence-corrected chi connectivity index (χ3v) is 2.93. The second-order valence-electron chi connectivity index (χ2n) is 2.89. The Morgan fingerprint density at radius 2 is 1.86 bits per heavy atom. The van der Waals surface area contributed by atoms with Crippen molar-refractivity contribution in [3.05, 3.63) is 18.2 Å². The zero-order chi connectivity index (χ0) is 10.3. The molecule has 4 nitrogen and oxygen atoms in total. The van der Waals surface area contributed by atoms with Crippen LogP contribution in [0.5, 0.6) is 10.8 Å². The SMILES string of the molecule is OB(O)c1ccc2sc(O)c(O)c2c1. The number of thiophene rings is 1. The van der Waals surface area contributed by atoms with E-state index in [1.165, 1.54) is 12.1 Å². The topological polar surface area (TPSA) is 80.9 Å². The van der Waals surface area contributed by atoms with Gasteiger partial charge in [0.1, 0.15) is 0 Å². The van der Waals surface area contributed by atoms with E-state index in [1.807, 2.05) is 0 Å². The average Bonchev–Trinajstić information content (AvgIpc) is 2.43. The van der Waals surface area contributed by atoms with Crippen LogP contribution in [-0.4, -0.2) is 27.4 Å². The molecule has 14 heavy (non-hydrogen) atoms. The fourth-order valence-electron chi connectivity index (χ4n) is 1.25. The first-order valence-corrected chi connectivity index (χ1v) is 4.72. The fourth-order valence-corrected chi connectivity index (χ4v) is 2.07. The van der Waals surface area contributed by atoms with Gasteiger partial charge in [0, 0.05) is 10.1 Å². The minimum absolute atomic E-state index is 0.162. The van der Waals surface area contributed by atoms with Crippen molar-refractivity contribution in [2.24, 2.45) is 0 Å². The molecule has 0 radical (unpaired) electrons. The molecule has 0 saturated carbocycles. The third-order valence-electron chi connectivity index (χ3n) is 1.97. The first-order chi connectivity index (χ1) is 6.59. The van der Waals surface area contributed by atoms with Crippen molar-refractivity contribution in [2.45, 2.75) is 0 Å². The Balaban J connectivity index is 2.69. The highest BCUT2D eigenvalue weighted by Crippen LogP contribution is 2.41. The Bertz CT molecular complexity index is 479. The van der Waals surface area contributed by atoms with E-state index in [4.69, 9.17) is 10.0 Å². The van der Waals surface area contributed by atoms with Gasteiger partial charge >= 0.3 is 7.12 Å². The van der Waals surface area contributed by atoms with Gasteiger partial charge < -0.3 is 20.3 Å².